The average Bonchev–Trinajstić information content (AvgIpc) is 3.09. The maximum absolute atomic E-state index is 13.2. The lowest BCUT2D eigenvalue weighted by Crippen LogP contribution is -2.47. The van der Waals surface area contributed by atoms with Crippen LogP contribution in [0.4, 0.5) is 5.00 Å². The maximum Gasteiger partial charge on any atom is 0.341 e. The van der Waals surface area contributed by atoms with Gasteiger partial charge in [-0.2, -0.15) is 0 Å². The molecular weight excluding hydrogens is 390 g/mol. The molecule has 1 aromatic rings. The van der Waals surface area contributed by atoms with E-state index in [0.717, 1.165) is 49.0 Å². The summed E-state index contributed by atoms with van der Waals surface area (Å²) in [6.45, 7) is 2.17. The number of anilines is 1. The fourth-order valence-corrected chi connectivity index (χ4v) is 6.65. The number of fused-ring (bicyclic) bond motifs is 3. The molecule has 0 unspecified atom stereocenters. The van der Waals surface area contributed by atoms with Crippen LogP contribution in [-0.4, -0.2) is 30.1 Å². The topological polar surface area (TPSA) is 92.7 Å². The highest BCUT2D eigenvalue weighted by atomic mass is 32.1. The minimum absolute atomic E-state index is 0.0678. The van der Waals surface area contributed by atoms with Gasteiger partial charge in [0.1, 0.15) is 5.00 Å². The highest BCUT2D eigenvalue weighted by Crippen LogP contribution is 2.46. The standard InChI is InChI=1S/C22H27NO5S/c1-3-11-4-9-14-15(10-11)29-20(18(14)22(27)28-2)23-19(24)16-12-5-7-13(8-6-12)17(16)21(25)26/h5,7,11-13,16-17H,3-4,6,8-10H2,1-2H3,(H,23,24)(H,25,26)/t11-,12-,13+,16-,17+/m1/s1. The first-order valence-electron chi connectivity index (χ1n) is 10.4. The molecule has 7 heteroatoms. The molecule has 1 amide bonds. The van der Waals surface area contributed by atoms with Crippen LogP contribution in [0.15, 0.2) is 12.2 Å². The van der Waals surface area contributed by atoms with E-state index in [9.17, 15) is 19.5 Å². The molecule has 156 valence electrons. The van der Waals surface area contributed by atoms with Crippen LogP contribution in [-0.2, 0) is 27.2 Å². The lowest BCUT2D eigenvalue weighted by molar-refractivity contribution is -0.151. The third kappa shape index (κ3) is 3.50. The summed E-state index contributed by atoms with van der Waals surface area (Å²) in [5, 5.41) is 13.2. The number of ether oxygens (including phenoxy) is 1. The fraction of sp³-hybridized carbons (Fsp3) is 0.591. The number of aliphatic carboxylic acids is 1. The van der Waals surface area contributed by atoms with Crippen molar-refractivity contribution in [3.8, 4) is 0 Å². The molecule has 0 aliphatic heterocycles. The van der Waals surface area contributed by atoms with Gasteiger partial charge in [-0.1, -0.05) is 25.5 Å². The Labute approximate surface area is 174 Å². The first kappa shape index (κ1) is 20.1. The van der Waals surface area contributed by atoms with E-state index in [1.807, 2.05) is 12.2 Å². The van der Waals surface area contributed by atoms with E-state index in [-0.39, 0.29) is 17.7 Å². The monoisotopic (exact) mass is 417 g/mol. The van der Waals surface area contributed by atoms with Crippen molar-refractivity contribution in [1.29, 1.82) is 0 Å². The minimum atomic E-state index is -0.923. The third-order valence-corrected chi connectivity index (χ3v) is 8.08. The van der Waals surface area contributed by atoms with E-state index in [1.165, 1.54) is 18.4 Å². The summed E-state index contributed by atoms with van der Waals surface area (Å²) in [5.41, 5.74) is 1.44. The third-order valence-electron chi connectivity index (χ3n) is 6.91. The molecule has 0 saturated heterocycles. The normalized spacial score (nSPS) is 29.9. The molecule has 0 radical (unpaired) electrons. The Kier molecular flexibility index (Phi) is 5.51. The number of thiophene rings is 1. The van der Waals surface area contributed by atoms with Gasteiger partial charge in [0.05, 0.1) is 24.5 Å². The van der Waals surface area contributed by atoms with Crippen molar-refractivity contribution in [2.45, 2.75) is 45.4 Å². The summed E-state index contributed by atoms with van der Waals surface area (Å²) in [6.07, 6.45) is 9.40. The van der Waals surface area contributed by atoms with Gasteiger partial charge in [0, 0.05) is 4.88 Å². The van der Waals surface area contributed by atoms with Crippen LogP contribution in [0.3, 0.4) is 0 Å². The van der Waals surface area contributed by atoms with Crippen LogP contribution in [0.25, 0.3) is 0 Å². The molecule has 0 aromatic carbocycles. The van der Waals surface area contributed by atoms with Crippen molar-refractivity contribution in [3.05, 3.63) is 28.2 Å². The van der Waals surface area contributed by atoms with E-state index in [2.05, 4.69) is 12.2 Å². The minimum Gasteiger partial charge on any atom is -0.481 e. The highest BCUT2D eigenvalue weighted by Gasteiger charge is 2.48. The molecule has 2 bridgehead atoms. The second-order valence-corrected chi connectivity index (χ2v) is 9.49. The average molecular weight is 418 g/mol. The molecule has 1 saturated carbocycles. The molecule has 1 aromatic heterocycles. The summed E-state index contributed by atoms with van der Waals surface area (Å²) in [6, 6.07) is 0. The van der Waals surface area contributed by atoms with Crippen molar-refractivity contribution >= 4 is 34.2 Å². The summed E-state index contributed by atoms with van der Waals surface area (Å²) < 4.78 is 5.00. The summed E-state index contributed by atoms with van der Waals surface area (Å²) in [7, 11) is 1.35. The Balaban J connectivity index is 1.64. The number of hydrogen-bond donors (Lipinski definition) is 2. The fourth-order valence-electron chi connectivity index (χ4n) is 5.29. The number of amides is 1. The number of rotatable bonds is 5. The molecule has 4 aliphatic carbocycles. The molecule has 29 heavy (non-hydrogen) atoms. The second kappa shape index (κ2) is 7.94. The predicted octanol–water partition coefficient (Wildman–Crippen LogP) is 3.90. The van der Waals surface area contributed by atoms with Gasteiger partial charge in [-0.3, -0.25) is 9.59 Å². The number of carboxylic acids is 1. The van der Waals surface area contributed by atoms with Gasteiger partial charge >= 0.3 is 11.9 Å². The molecule has 1 fully saturated rings. The molecule has 1 heterocycles. The Morgan fingerprint density at radius 1 is 1.17 bits per heavy atom. The van der Waals surface area contributed by atoms with Gasteiger partial charge in [0.15, 0.2) is 0 Å². The van der Waals surface area contributed by atoms with E-state index >= 15 is 0 Å². The number of hydrogen-bond acceptors (Lipinski definition) is 5. The maximum atomic E-state index is 13.2. The van der Waals surface area contributed by atoms with E-state index in [0.29, 0.717) is 16.5 Å². The van der Waals surface area contributed by atoms with Gasteiger partial charge < -0.3 is 15.2 Å². The number of nitrogens with one attached hydrogen (secondary N) is 1. The zero-order chi connectivity index (χ0) is 20.7. The number of carbonyl (C=O) groups excluding carboxylic acids is 2. The van der Waals surface area contributed by atoms with Gasteiger partial charge in [-0.15, -0.1) is 11.3 Å². The van der Waals surface area contributed by atoms with Crippen LogP contribution in [0.5, 0.6) is 0 Å². The van der Waals surface area contributed by atoms with E-state index in [4.69, 9.17) is 4.74 Å². The smallest absolute Gasteiger partial charge is 0.341 e. The second-order valence-electron chi connectivity index (χ2n) is 8.39. The van der Waals surface area contributed by atoms with Gasteiger partial charge in [-0.05, 0) is 55.4 Å². The van der Waals surface area contributed by atoms with E-state index in [1.54, 1.807) is 0 Å². The number of allylic oxidation sites excluding steroid dienone is 2. The summed E-state index contributed by atoms with van der Waals surface area (Å²) in [5.74, 6) is -2.56. The summed E-state index contributed by atoms with van der Waals surface area (Å²) >= 11 is 1.45. The molecule has 5 atom stereocenters. The van der Waals surface area contributed by atoms with Crippen LogP contribution < -0.4 is 5.32 Å². The molecule has 6 nitrogen and oxygen atoms in total. The SMILES string of the molecule is CC[C@@H]1CCc2c(sc(NC(=O)[C@H]3[C@@H](C(=O)O)[C@H]4C=C[C@@H]3CC4)c2C(=O)OC)C1. The van der Waals surface area contributed by atoms with Gasteiger partial charge in [-0.25, -0.2) is 4.79 Å². The quantitative estimate of drug-likeness (QED) is 0.560. The number of methoxy groups -OCH3 is 1. The van der Waals surface area contributed by atoms with Crippen LogP contribution in [0.1, 0.15) is 53.4 Å². The Morgan fingerprint density at radius 2 is 1.86 bits per heavy atom. The van der Waals surface area contributed by atoms with Crippen LogP contribution in [0, 0.1) is 29.6 Å². The molecule has 4 aliphatic rings. The molecule has 2 N–H and O–H groups in total. The number of carbonyl (C=O) groups is 3. The molecule has 0 spiro atoms. The van der Waals surface area contributed by atoms with Crippen molar-refractivity contribution in [2.24, 2.45) is 29.6 Å². The zero-order valence-electron chi connectivity index (χ0n) is 16.8. The lowest BCUT2D eigenvalue weighted by Gasteiger charge is -2.41. The molecular formula is C22H27NO5S. The first-order valence-corrected chi connectivity index (χ1v) is 11.2. The molecule has 5 rings (SSSR count). The summed E-state index contributed by atoms with van der Waals surface area (Å²) in [4.78, 5) is 38.7. The number of esters is 1. The number of carboxylic acid groups (broad SMARTS) is 1. The Morgan fingerprint density at radius 3 is 2.45 bits per heavy atom. The van der Waals surface area contributed by atoms with Crippen LogP contribution in [0.2, 0.25) is 0 Å². The predicted molar refractivity (Wildman–Crippen MR) is 110 cm³/mol. The van der Waals surface area contributed by atoms with Crippen LogP contribution >= 0.6 is 11.3 Å². The van der Waals surface area contributed by atoms with Crippen molar-refractivity contribution in [3.63, 3.8) is 0 Å². The van der Waals surface area contributed by atoms with Gasteiger partial charge in [0.2, 0.25) is 5.91 Å². The Bertz CT molecular complexity index is 873. The van der Waals surface area contributed by atoms with E-state index < -0.39 is 23.8 Å². The van der Waals surface area contributed by atoms with Crippen molar-refractivity contribution in [2.75, 3.05) is 12.4 Å². The van der Waals surface area contributed by atoms with Gasteiger partial charge in [0.25, 0.3) is 0 Å². The lowest BCUT2D eigenvalue weighted by atomic mass is 9.62. The highest BCUT2D eigenvalue weighted by molar-refractivity contribution is 7.17. The Hall–Kier alpha value is -2.15. The van der Waals surface area contributed by atoms with Crippen molar-refractivity contribution < 1.29 is 24.2 Å². The first-order chi connectivity index (χ1) is 13.9. The largest absolute Gasteiger partial charge is 0.481 e. The van der Waals surface area contributed by atoms with Crippen molar-refractivity contribution in [1.82, 2.24) is 0 Å². The zero-order valence-corrected chi connectivity index (χ0v) is 17.6.